The van der Waals surface area contributed by atoms with Gasteiger partial charge in [0.15, 0.2) is 6.61 Å². The van der Waals surface area contributed by atoms with Gasteiger partial charge in [-0.2, -0.15) is 4.98 Å². The molecule has 0 spiro atoms. The third-order valence-corrected chi connectivity index (χ3v) is 4.61. The molecular weight excluding hydrogens is 400 g/mol. The number of methoxy groups -OCH3 is 1. The maximum absolute atomic E-state index is 12.1. The number of carbonyl (C=O) groups excluding carboxylic acids is 2. The first-order valence-corrected chi connectivity index (χ1v) is 9.70. The van der Waals surface area contributed by atoms with Crippen LogP contribution in [0.15, 0.2) is 47.0 Å². The molecule has 2 N–H and O–H groups in total. The fourth-order valence-corrected chi connectivity index (χ4v) is 2.70. The molecule has 1 heterocycles. The smallest absolute Gasteiger partial charge is 0.316 e. The summed E-state index contributed by atoms with van der Waals surface area (Å²) in [6.45, 7) is 4.26. The predicted octanol–water partition coefficient (Wildman–Crippen LogP) is 2.29. The monoisotopic (exact) mass is 424 g/mol. The van der Waals surface area contributed by atoms with Crippen LogP contribution in [0.1, 0.15) is 21.8 Å². The van der Waals surface area contributed by atoms with E-state index in [9.17, 15) is 9.59 Å². The van der Waals surface area contributed by atoms with Gasteiger partial charge in [0.05, 0.1) is 7.11 Å². The molecule has 2 amide bonds. The summed E-state index contributed by atoms with van der Waals surface area (Å²) in [6, 6.07) is 12.7. The molecule has 9 heteroatoms. The fourth-order valence-electron chi connectivity index (χ4n) is 2.70. The van der Waals surface area contributed by atoms with E-state index in [4.69, 9.17) is 14.0 Å². The number of aryl methyl sites for hydroxylation is 1. The van der Waals surface area contributed by atoms with Crippen LogP contribution < -0.4 is 20.1 Å². The van der Waals surface area contributed by atoms with E-state index in [2.05, 4.69) is 20.8 Å². The zero-order valence-corrected chi connectivity index (χ0v) is 17.6. The molecule has 0 unspecified atom stereocenters. The summed E-state index contributed by atoms with van der Waals surface area (Å²) in [6.07, 6.45) is 0. The Morgan fingerprint density at radius 3 is 2.52 bits per heavy atom. The van der Waals surface area contributed by atoms with E-state index in [1.165, 1.54) is 0 Å². The van der Waals surface area contributed by atoms with Crippen LogP contribution in [-0.4, -0.2) is 48.8 Å². The third kappa shape index (κ3) is 5.81. The molecule has 0 saturated carbocycles. The first-order chi connectivity index (χ1) is 15.0. The molecule has 9 nitrogen and oxygen atoms in total. The van der Waals surface area contributed by atoms with Gasteiger partial charge in [-0.25, -0.2) is 0 Å². The van der Waals surface area contributed by atoms with Gasteiger partial charge >= 0.3 is 11.8 Å². The third-order valence-electron chi connectivity index (χ3n) is 4.61. The molecule has 31 heavy (non-hydrogen) atoms. The molecule has 162 valence electrons. The molecule has 2 aromatic carbocycles. The highest BCUT2D eigenvalue weighted by Crippen LogP contribution is 2.20. The van der Waals surface area contributed by atoms with Gasteiger partial charge in [-0.15, -0.1) is 0 Å². The van der Waals surface area contributed by atoms with Crippen molar-refractivity contribution in [2.24, 2.45) is 0 Å². The summed E-state index contributed by atoms with van der Waals surface area (Å²) in [5, 5.41) is 9.11. The number of benzene rings is 2. The van der Waals surface area contributed by atoms with E-state index in [-0.39, 0.29) is 31.5 Å². The van der Waals surface area contributed by atoms with Crippen LogP contribution in [0.4, 0.5) is 0 Å². The number of carbonyl (C=O) groups is 2. The Morgan fingerprint density at radius 1 is 1.03 bits per heavy atom. The van der Waals surface area contributed by atoms with Crippen LogP contribution in [0.2, 0.25) is 0 Å². The van der Waals surface area contributed by atoms with E-state index in [0.717, 1.165) is 11.1 Å². The fraction of sp³-hybridized carbons (Fsp3) is 0.273. The lowest BCUT2D eigenvalue weighted by Crippen LogP contribution is -2.36. The predicted molar refractivity (Wildman–Crippen MR) is 113 cm³/mol. The summed E-state index contributed by atoms with van der Waals surface area (Å²) in [5.41, 5.74) is 2.78. The van der Waals surface area contributed by atoms with E-state index < -0.39 is 5.91 Å². The number of hydrogen-bond donors (Lipinski definition) is 2. The number of nitrogens with zero attached hydrogens (tertiary/aromatic N) is 2. The van der Waals surface area contributed by atoms with Crippen LogP contribution in [-0.2, 0) is 4.79 Å². The minimum absolute atomic E-state index is 0.104. The van der Waals surface area contributed by atoms with Gasteiger partial charge in [0.2, 0.25) is 5.82 Å². The normalized spacial score (nSPS) is 10.4. The lowest BCUT2D eigenvalue weighted by atomic mass is 10.1. The Labute approximate surface area is 179 Å². The zero-order valence-electron chi connectivity index (χ0n) is 17.6. The maximum Gasteiger partial charge on any atom is 0.316 e. The topological polar surface area (TPSA) is 116 Å². The van der Waals surface area contributed by atoms with Gasteiger partial charge in [-0.05, 0) is 55.3 Å². The largest absolute Gasteiger partial charge is 0.497 e. The summed E-state index contributed by atoms with van der Waals surface area (Å²) < 4.78 is 15.7. The molecule has 0 aliphatic carbocycles. The second-order valence-electron chi connectivity index (χ2n) is 6.74. The summed E-state index contributed by atoms with van der Waals surface area (Å²) >= 11 is 0. The maximum atomic E-state index is 12.1. The minimum atomic E-state index is -0.520. The molecule has 0 aliphatic rings. The van der Waals surface area contributed by atoms with Gasteiger partial charge in [0.1, 0.15) is 11.5 Å². The van der Waals surface area contributed by atoms with E-state index in [0.29, 0.717) is 22.9 Å². The molecule has 0 saturated heterocycles. The minimum Gasteiger partial charge on any atom is -0.497 e. The summed E-state index contributed by atoms with van der Waals surface area (Å²) in [4.78, 5) is 28.2. The highest BCUT2D eigenvalue weighted by atomic mass is 16.5. The Kier molecular flexibility index (Phi) is 7.21. The van der Waals surface area contributed by atoms with Gasteiger partial charge in [0, 0.05) is 18.7 Å². The van der Waals surface area contributed by atoms with Crippen molar-refractivity contribution in [3.05, 3.63) is 59.5 Å². The molecule has 0 bridgehead atoms. The van der Waals surface area contributed by atoms with Crippen molar-refractivity contribution in [1.82, 2.24) is 20.8 Å². The molecule has 1 aromatic heterocycles. The number of rotatable bonds is 9. The van der Waals surface area contributed by atoms with Gasteiger partial charge in [-0.1, -0.05) is 17.3 Å². The van der Waals surface area contributed by atoms with Gasteiger partial charge in [-0.3, -0.25) is 9.59 Å². The quantitative estimate of drug-likeness (QED) is 0.506. The Morgan fingerprint density at radius 2 is 1.77 bits per heavy atom. The average Bonchev–Trinajstić information content (AvgIpc) is 3.28. The molecular formula is C22H24N4O5. The molecule has 3 rings (SSSR count). The summed E-state index contributed by atoms with van der Waals surface area (Å²) in [7, 11) is 1.58. The Balaban J connectivity index is 1.40. The first kappa shape index (κ1) is 21.8. The Bertz CT molecular complexity index is 1050. The van der Waals surface area contributed by atoms with Crippen LogP contribution in [0, 0.1) is 13.8 Å². The van der Waals surface area contributed by atoms with Crippen LogP contribution in [0.5, 0.6) is 11.5 Å². The number of hydrogen-bond acceptors (Lipinski definition) is 7. The number of nitrogens with one attached hydrogen (secondary N) is 2. The second-order valence-corrected chi connectivity index (χ2v) is 6.74. The van der Waals surface area contributed by atoms with Crippen molar-refractivity contribution in [3.63, 3.8) is 0 Å². The van der Waals surface area contributed by atoms with Crippen LogP contribution >= 0.6 is 0 Å². The zero-order chi connectivity index (χ0) is 22.2. The van der Waals surface area contributed by atoms with Crippen molar-refractivity contribution < 1.29 is 23.6 Å². The molecule has 0 radical (unpaired) electrons. The first-order valence-electron chi connectivity index (χ1n) is 9.70. The van der Waals surface area contributed by atoms with Crippen LogP contribution in [0.25, 0.3) is 11.4 Å². The van der Waals surface area contributed by atoms with Crippen molar-refractivity contribution in [1.29, 1.82) is 0 Å². The second kappa shape index (κ2) is 10.2. The number of amides is 2. The molecule has 0 fully saturated rings. The highest BCUT2D eigenvalue weighted by Gasteiger charge is 2.16. The van der Waals surface area contributed by atoms with E-state index in [1.54, 1.807) is 31.4 Å². The molecule has 3 aromatic rings. The van der Waals surface area contributed by atoms with Gasteiger partial charge in [0.25, 0.3) is 5.91 Å². The molecule has 0 aliphatic heterocycles. The number of aromatic nitrogens is 2. The lowest BCUT2D eigenvalue weighted by molar-refractivity contribution is -0.123. The Hall–Kier alpha value is -3.88. The standard InChI is InChI=1S/C22H24N4O5/c1-14-5-4-6-18(15(14)2)30-13-19(27)23-11-12-24-21(28)22-25-20(26-31-22)16-7-9-17(29-3)10-8-16/h4-10H,11-13H2,1-3H3,(H,23,27)(H,24,28). The van der Waals surface area contributed by atoms with Crippen LogP contribution in [0.3, 0.4) is 0 Å². The highest BCUT2D eigenvalue weighted by molar-refractivity contribution is 5.89. The van der Waals surface area contributed by atoms with E-state index >= 15 is 0 Å². The average molecular weight is 424 g/mol. The van der Waals surface area contributed by atoms with Crippen molar-refractivity contribution in [2.75, 3.05) is 26.8 Å². The SMILES string of the molecule is COc1ccc(-c2noc(C(=O)NCCNC(=O)COc3cccc(C)c3C)n2)cc1. The van der Waals surface area contributed by atoms with Gasteiger partial charge < -0.3 is 24.6 Å². The van der Waals surface area contributed by atoms with Crippen molar-refractivity contribution >= 4 is 11.8 Å². The lowest BCUT2D eigenvalue weighted by Gasteiger charge is -2.11. The van der Waals surface area contributed by atoms with Crippen molar-refractivity contribution in [2.45, 2.75) is 13.8 Å². The van der Waals surface area contributed by atoms with Crippen molar-refractivity contribution in [3.8, 4) is 22.9 Å². The molecule has 0 atom stereocenters. The number of ether oxygens (including phenoxy) is 2. The summed E-state index contributed by atoms with van der Waals surface area (Å²) in [5.74, 6) is 0.710. The van der Waals surface area contributed by atoms with E-state index in [1.807, 2.05) is 32.0 Å².